The monoisotopic (exact) mass is 444 g/mol. The van der Waals surface area contributed by atoms with Gasteiger partial charge in [0.15, 0.2) is 0 Å². The SMILES string of the molecule is O=C(NCCC1=CCCCC1)c1nc(-c2ccc(S(=O)(=O)N3CCCCC3)cc2)no1. The van der Waals surface area contributed by atoms with Crippen molar-refractivity contribution in [1.82, 2.24) is 19.8 Å². The topological polar surface area (TPSA) is 105 Å². The zero-order valence-electron chi connectivity index (χ0n) is 17.5. The molecule has 1 N–H and O–H groups in total. The minimum Gasteiger partial charge on any atom is -0.348 e. The van der Waals surface area contributed by atoms with E-state index >= 15 is 0 Å². The highest BCUT2D eigenvalue weighted by Crippen LogP contribution is 2.24. The van der Waals surface area contributed by atoms with Crippen LogP contribution in [0.5, 0.6) is 0 Å². The van der Waals surface area contributed by atoms with Gasteiger partial charge in [-0.15, -0.1) is 0 Å². The van der Waals surface area contributed by atoms with Crippen LogP contribution in [-0.4, -0.2) is 48.4 Å². The standard InChI is InChI=1S/C22H28N4O4S/c27-21(23-14-13-17-7-3-1-4-8-17)22-24-20(25-30-22)18-9-11-19(12-10-18)31(28,29)26-15-5-2-6-16-26/h7,9-12H,1-6,8,13-16H2,(H,23,27). The number of hydrogen-bond donors (Lipinski definition) is 1. The zero-order valence-corrected chi connectivity index (χ0v) is 18.4. The van der Waals surface area contributed by atoms with Crippen LogP contribution >= 0.6 is 0 Å². The third-order valence-corrected chi connectivity index (χ3v) is 7.72. The summed E-state index contributed by atoms with van der Waals surface area (Å²) in [5.41, 5.74) is 1.98. The summed E-state index contributed by atoms with van der Waals surface area (Å²) in [6.45, 7) is 1.65. The van der Waals surface area contributed by atoms with Crippen LogP contribution in [0.4, 0.5) is 0 Å². The summed E-state index contributed by atoms with van der Waals surface area (Å²) in [4.78, 5) is 16.7. The molecule has 1 aromatic carbocycles. The Balaban J connectivity index is 1.37. The molecule has 8 nitrogen and oxygen atoms in total. The minimum absolute atomic E-state index is 0.0994. The molecule has 1 aliphatic heterocycles. The van der Waals surface area contributed by atoms with E-state index in [0.717, 1.165) is 38.5 Å². The summed E-state index contributed by atoms with van der Waals surface area (Å²) < 4.78 is 32.2. The number of carbonyl (C=O) groups excluding carboxylic acids is 1. The number of benzene rings is 1. The second-order valence-electron chi connectivity index (χ2n) is 8.03. The van der Waals surface area contributed by atoms with E-state index in [4.69, 9.17) is 4.52 Å². The molecule has 166 valence electrons. The van der Waals surface area contributed by atoms with Gasteiger partial charge in [-0.05, 0) is 69.2 Å². The first-order chi connectivity index (χ1) is 15.0. The quantitative estimate of drug-likeness (QED) is 0.655. The molecule has 1 aliphatic carbocycles. The van der Waals surface area contributed by atoms with Gasteiger partial charge >= 0.3 is 11.8 Å². The Labute approximate surface area is 182 Å². The van der Waals surface area contributed by atoms with E-state index in [2.05, 4.69) is 21.5 Å². The molecule has 9 heteroatoms. The van der Waals surface area contributed by atoms with Gasteiger partial charge in [0.2, 0.25) is 15.8 Å². The highest BCUT2D eigenvalue weighted by molar-refractivity contribution is 7.89. The van der Waals surface area contributed by atoms with E-state index in [1.165, 1.54) is 22.7 Å². The fourth-order valence-electron chi connectivity index (χ4n) is 4.01. The van der Waals surface area contributed by atoms with Gasteiger partial charge in [0.1, 0.15) is 0 Å². The van der Waals surface area contributed by atoms with E-state index in [0.29, 0.717) is 25.2 Å². The second-order valence-corrected chi connectivity index (χ2v) is 9.96. The van der Waals surface area contributed by atoms with Gasteiger partial charge in [-0.25, -0.2) is 8.42 Å². The number of hydrogen-bond acceptors (Lipinski definition) is 6. The fourth-order valence-corrected chi connectivity index (χ4v) is 5.52. The van der Waals surface area contributed by atoms with Crippen molar-refractivity contribution in [1.29, 1.82) is 0 Å². The molecular formula is C22H28N4O4S. The number of carbonyl (C=O) groups is 1. The summed E-state index contributed by atoms with van der Waals surface area (Å²) in [5.74, 6) is -0.251. The Morgan fingerprint density at radius 3 is 2.55 bits per heavy atom. The van der Waals surface area contributed by atoms with Crippen molar-refractivity contribution in [2.24, 2.45) is 0 Å². The third-order valence-electron chi connectivity index (χ3n) is 5.80. The molecule has 0 unspecified atom stereocenters. The molecule has 0 saturated carbocycles. The van der Waals surface area contributed by atoms with Crippen molar-refractivity contribution >= 4 is 15.9 Å². The van der Waals surface area contributed by atoms with Crippen molar-refractivity contribution in [3.63, 3.8) is 0 Å². The number of piperidine rings is 1. The zero-order chi connectivity index (χ0) is 21.7. The van der Waals surface area contributed by atoms with Crippen molar-refractivity contribution in [2.75, 3.05) is 19.6 Å². The number of nitrogens with one attached hydrogen (secondary N) is 1. The van der Waals surface area contributed by atoms with Gasteiger partial charge in [-0.3, -0.25) is 4.79 Å². The Bertz CT molecular complexity index is 1040. The van der Waals surface area contributed by atoms with Crippen LogP contribution in [0.15, 0.2) is 45.3 Å². The van der Waals surface area contributed by atoms with Crippen molar-refractivity contribution in [3.05, 3.63) is 41.8 Å². The number of sulfonamides is 1. The summed E-state index contributed by atoms with van der Waals surface area (Å²) in [7, 11) is -3.49. The maximum absolute atomic E-state index is 12.8. The molecule has 2 aromatic rings. The van der Waals surface area contributed by atoms with Gasteiger partial charge in [0, 0.05) is 25.2 Å². The number of allylic oxidation sites excluding steroid dienone is 1. The van der Waals surface area contributed by atoms with Crippen molar-refractivity contribution in [3.8, 4) is 11.4 Å². The average Bonchev–Trinajstić information content (AvgIpc) is 3.31. The molecule has 2 aliphatic rings. The van der Waals surface area contributed by atoms with Crippen molar-refractivity contribution in [2.45, 2.75) is 56.3 Å². The number of rotatable bonds is 7. The van der Waals surface area contributed by atoms with E-state index in [1.54, 1.807) is 24.3 Å². The van der Waals surface area contributed by atoms with Crippen LogP contribution in [0.25, 0.3) is 11.4 Å². The van der Waals surface area contributed by atoms with Gasteiger partial charge in [0.05, 0.1) is 4.90 Å². The highest BCUT2D eigenvalue weighted by atomic mass is 32.2. The lowest BCUT2D eigenvalue weighted by Crippen LogP contribution is -2.35. The van der Waals surface area contributed by atoms with Crippen LogP contribution in [-0.2, 0) is 10.0 Å². The minimum atomic E-state index is -3.49. The molecule has 0 spiro atoms. The summed E-state index contributed by atoms with van der Waals surface area (Å²) in [6.07, 6.45) is 10.6. The lowest BCUT2D eigenvalue weighted by atomic mass is 9.97. The van der Waals surface area contributed by atoms with Crippen LogP contribution in [0.3, 0.4) is 0 Å². The predicted molar refractivity (Wildman–Crippen MR) is 116 cm³/mol. The normalized spacial score (nSPS) is 17.9. The van der Waals surface area contributed by atoms with Crippen LogP contribution < -0.4 is 5.32 Å². The maximum atomic E-state index is 12.8. The highest BCUT2D eigenvalue weighted by Gasteiger charge is 2.26. The van der Waals surface area contributed by atoms with Crippen LogP contribution in [0.2, 0.25) is 0 Å². The Kier molecular flexibility index (Phi) is 6.82. The van der Waals surface area contributed by atoms with Gasteiger partial charge in [-0.2, -0.15) is 9.29 Å². The average molecular weight is 445 g/mol. The Hall–Kier alpha value is -2.52. The molecule has 4 rings (SSSR count). The Morgan fingerprint density at radius 2 is 1.84 bits per heavy atom. The third kappa shape index (κ3) is 5.22. The van der Waals surface area contributed by atoms with Crippen LogP contribution in [0, 0.1) is 0 Å². The molecule has 2 heterocycles. The molecule has 0 atom stereocenters. The summed E-state index contributed by atoms with van der Waals surface area (Å²) in [5, 5.41) is 6.68. The molecule has 31 heavy (non-hydrogen) atoms. The molecule has 0 bridgehead atoms. The summed E-state index contributed by atoms with van der Waals surface area (Å²) in [6, 6.07) is 6.37. The first kappa shape index (κ1) is 21.7. The van der Waals surface area contributed by atoms with Gasteiger partial charge < -0.3 is 9.84 Å². The van der Waals surface area contributed by atoms with Crippen molar-refractivity contribution < 1.29 is 17.7 Å². The fraction of sp³-hybridized carbons (Fsp3) is 0.500. The lowest BCUT2D eigenvalue weighted by Gasteiger charge is -2.25. The maximum Gasteiger partial charge on any atom is 0.316 e. The Morgan fingerprint density at radius 1 is 1.06 bits per heavy atom. The second kappa shape index (κ2) is 9.74. The molecule has 1 aromatic heterocycles. The van der Waals surface area contributed by atoms with Crippen LogP contribution in [0.1, 0.15) is 62.1 Å². The largest absolute Gasteiger partial charge is 0.348 e. The number of amides is 1. The molecular weight excluding hydrogens is 416 g/mol. The molecule has 0 radical (unpaired) electrons. The van der Waals surface area contributed by atoms with Gasteiger partial charge in [0.25, 0.3) is 0 Å². The van der Waals surface area contributed by atoms with E-state index < -0.39 is 15.9 Å². The molecule has 1 amide bonds. The molecule has 1 saturated heterocycles. The van der Waals surface area contributed by atoms with E-state index in [-0.39, 0.29) is 16.6 Å². The number of aromatic nitrogens is 2. The first-order valence-corrected chi connectivity index (χ1v) is 12.4. The predicted octanol–water partition coefficient (Wildman–Crippen LogP) is 3.53. The van der Waals surface area contributed by atoms with E-state index in [9.17, 15) is 13.2 Å². The summed E-state index contributed by atoms with van der Waals surface area (Å²) >= 11 is 0. The first-order valence-electron chi connectivity index (χ1n) is 10.9. The van der Waals surface area contributed by atoms with Gasteiger partial charge in [-0.1, -0.05) is 23.2 Å². The van der Waals surface area contributed by atoms with E-state index in [1.807, 2.05) is 0 Å². The lowest BCUT2D eigenvalue weighted by molar-refractivity contribution is 0.0910. The smallest absolute Gasteiger partial charge is 0.316 e. The number of nitrogens with zero attached hydrogens (tertiary/aromatic N) is 3. The molecule has 1 fully saturated rings.